The van der Waals surface area contributed by atoms with E-state index in [1.165, 1.54) is 14.0 Å². The van der Waals surface area contributed by atoms with E-state index in [1.54, 1.807) is 0 Å². The highest BCUT2D eigenvalue weighted by atomic mass is 32.3. The Labute approximate surface area is 99.6 Å². The van der Waals surface area contributed by atoms with E-state index in [1.807, 2.05) is 0 Å². The van der Waals surface area contributed by atoms with Gasteiger partial charge in [0.2, 0.25) is 0 Å². The maximum absolute atomic E-state index is 10.4. The summed E-state index contributed by atoms with van der Waals surface area (Å²) in [7, 11) is -8.01. The number of methoxy groups -OCH3 is 1. The van der Waals surface area contributed by atoms with Crippen LogP contribution in [0.25, 0.3) is 0 Å². The first-order valence-electron chi connectivity index (χ1n) is 4.20. The fourth-order valence-corrected chi connectivity index (χ4v) is 1.77. The summed E-state index contributed by atoms with van der Waals surface area (Å²) in [6.45, 7) is 0.120. The van der Waals surface area contributed by atoms with E-state index in [9.17, 15) is 16.8 Å². The van der Waals surface area contributed by atoms with Gasteiger partial charge in [-0.15, -0.1) is 0 Å². The molecule has 0 amide bonds. The lowest BCUT2D eigenvalue weighted by atomic mass is 9.95. The molecular formula is C6H14O9S2. The minimum atomic E-state index is -4.65. The Hall–Kier alpha value is -0.300. The molecule has 0 radical (unpaired) electrons. The second-order valence-corrected chi connectivity index (χ2v) is 5.81. The van der Waals surface area contributed by atoms with Crippen molar-refractivity contribution in [2.75, 3.05) is 26.9 Å². The second kappa shape index (κ2) is 6.04. The van der Waals surface area contributed by atoms with Crippen molar-refractivity contribution in [3.05, 3.63) is 0 Å². The van der Waals surface area contributed by atoms with Gasteiger partial charge in [-0.1, -0.05) is 6.92 Å². The van der Waals surface area contributed by atoms with Gasteiger partial charge in [-0.2, -0.15) is 16.8 Å². The lowest BCUT2D eigenvalue weighted by Crippen LogP contribution is -2.35. The summed E-state index contributed by atoms with van der Waals surface area (Å²) in [4.78, 5) is 0. The Bertz CT molecular complexity index is 386. The summed E-state index contributed by atoms with van der Waals surface area (Å²) in [5, 5.41) is 0. The smallest absolute Gasteiger partial charge is 0.384 e. The normalized spacial score (nSPS) is 13.9. The molecule has 0 aromatic carbocycles. The minimum Gasteiger partial charge on any atom is -0.384 e. The zero-order chi connectivity index (χ0) is 13.7. The minimum absolute atomic E-state index is 0.113. The maximum Gasteiger partial charge on any atom is 0.397 e. The van der Waals surface area contributed by atoms with E-state index in [-0.39, 0.29) is 6.61 Å². The zero-order valence-corrected chi connectivity index (χ0v) is 10.8. The van der Waals surface area contributed by atoms with Crippen molar-refractivity contribution < 1.29 is 39.0 Å². The molecule has 0 heterocycles. The highest BCUT2D eigenvalue weighted by Crippen LogP contribution is 2.19. The van der Waals surface area contributed by atoms with Crippen LogP contribution >= 0.6 is 0 Å². The molecule has 0 spiro atoms. The Balaban J connectivity index is 4.56. The lowest BCUT2D eigenvalue weighted by molar-refractivity contribution is 0.0144. The Kier molecular flexibility index (Phi) is 5.93. The van der Waals surface area contributed by atoms with Crippen LogP contribution in [0.1, 0.15) is 6.92 Å². The average molecular weight is 294 g/mol. The van der Waals surface area contributed by atoms with Gasteiger partial charge in [0.1, 0.15) is 0 Å². The molecule has 0 bridgehead atoms. The van der Waals surface area contributed by atoms with Gasteiger partial charge in [0.15, 0.2) is 0 Å². The predicted octanol–water partition coefficient (Wildman–Crippen LogP) is -0.722. The highest BCUT2D eigenvalue weighted by Gasteiger charge is 2.29. The molecule has 0 aliphatic heterocycles. The summed E-state index contributed by atoms with van der Waals surface area (Å²) in [6.07, 6.45) is 0. The fraction of sp³-hybridized carbons (Fsp3) is 1.00. The SMILES string of the molecule is COCC(C)(COS(=O)(=O)O)COS(=O)(=O)O. The van der Waals surface area contributed by atoms with Crippen LogP contribution < -0.4 is 0 Å². The molecule has 0 rings (SSSR count). The van der Waals surface area contributed by atoms with Gasteiger partial charge in [0.05, 0.1) is 19.8 Å². The molecular weight excluding hydrogens is 280 g/mol. The van der Waals surface area contributed by atoms with Gasteiger partial charge in [-0.3, -0.25) is 9.11 Å². The van der Waals surface area contributed by atoms with Crippen LogP contribution in [-0.2, 0) is 33.9 Å². The monoisotopic (exact) mass is 294 g/mol. The van der Waals surface area contributed by atoms with Crippen molar-refractivity contribution in [3.63, 3.8) is 0 Å². The van der Waals surface area contributed by atoms with E-state index >= 15 is 0 Å². The van der Waals surface area contributed by atoms with Crippen molar-refractivity contribution in [1.29, 1.82) is 0 Å². The first kappa shape index (κ1) is 16.7. The molecule has 0 fully saturated rings. The van der Waals surface area contributed by atoms with E-state index in [0.717, 1.165) is 0 Å². The fourth-order valence-electron chi connectivity index (χ4n) is 0.907. The number of hydrogen-bond acceptors (Lipinski definition) is 7. The molecule has 0 aromatic heterocycles. The van der Waals surface area contributed by atoms with Crippen molar-refractivity contribution in [2.24, 2.45) is 5.41 Å². The van der Waals surface area contributed by atoms with Crippen LogP contribution in [0.3, 0.4) is 0 Å². The quantitative estimate of drug-likeness (QED) is 0.555. The Morgan fingerprint density at radius 2 is 1.29 bits per heavy atom. The average Bonchev–Trinajstić information content (AvgIpc) is 2.11. The third kappa shape index (κ3) is 9.41. The summed E-state index contributed by atoms with van der Waals surface area (Å²) in [6, 6.07) is 0. The van der Waals surface area contributed by atoms with Crippen LogP contribution in [0, 0.1) is 5.41 Å². The van der Waals surface area contributed by atoms with E-state index in [4.69, 9.17) is 13.8 Å². The summed E-state index contributed by atoms with van der Waals surface area (Å²) in [5.41, 5.74) is -1.18. The Morgan fingerprint density at radius 1 is 0.941 bits per heavy atom. The molecule has 0 saturated carbocycles. The van der Waals surface area contributed by atoms with Crippen molar-refractivity contribution >= 4 is 20.8 Å². The predicted molar refractivity (Wildman–Crippen MR) is 55.0 cm³/mol. The molecule has 17 heavy (non-hydrogen) atoms. The Morgan fingerprint density at radius 3 is 1.53 bits per heavy atom. The van der Waals surface area contributed by atoms with Gasteiger partial charge in [0, 0.05) is 12.5 Å². The van der Waals surface area contributed by atoms with E-state index < -0.39 is 39.4 Å². The van der Waals surface area contributed by atoms with Crippen LogP contribution in [0.2, 0.25) is 0 Å². The van der Waals surface area contributed by atoms with Gasteiger partial charge in [-0.05, 0) is 0 Å². The van der Waals surface area contributed by atoms with Crippen LogP contribution in [-0.4, -0.2) is 52.9 Å². The van der Waals surface area contributed by atoms with Crippen LogP contribution in [0.15, 0.2) is 0 Å². The van der Waals surface area contributed by atoms with Gasteiger partial charge in [-0.25, -0.2) is 8.37 Å². The first-order valence-corrected chi connectivity index (χ1v) is 6.93. The zero-order valence-electron chi connectivity index (χ0n) is 9.19. The molecule has 0 atom stereocenters. The number of ether oxygens (including phenoxy) is 1. The van der Waals surface area contributed by atoms with Crippen LogP contribution in [0.5, 0.6) is 0 Å². The van der Waals surface area contributed by atoms with Gasteiger partial charge in [0.25, 0.3) is 0 Å². The number of rotatable bonds is 8. The van der Waals surface area contributed by atoms with E-state index in [2.05, 4.69) is 8.37 Å². The largest absolute Gasteiger partial charge is 0.397 e. The first-order chi connectivity index (χ1) is 7.47. The molecule has 0 aromatic rings. The van der Waals surface area contributed by atoms with E-state index in [0.29, 0.717) is 0 Å². The van der Waals surface area contributed by atoms with Gasteiger partial charge < -0.3 is 4.74 Å². The van der Waals surface area contributed by atoms with Gasteiger partial charge >= 0.3 is 20.8 Å². The lowest BCUT2D eigenvalue weighted by Gasteiger charge is -2.26. The molecule has 104 valence electrons. The summed E-state index contributed by atoms with van der Waals surface area (Å²) < 4.78 is 71.2. The number of hydrogen-bond donors (Lipinski definition) is 2. The molecule has 0 saturated heterocycles. The molecule has 0 unspecified atom stereocenters. The molecule has 11 heteroatoms. The third-order valence-corrected chi connectivity index (χ3v) is 2.44. The molecule has 2 N–H and O–H groups in total. The summed E-state index contributed by atoms with van der Waals surface area (Å²) >= 11 is 0. The highest BCUT2D eigenvalue weighted by molar-refractivity contribution is 7.81. The van der Waals surface area contributed by atoms with Crippen molar-refractivity contribution in [3.8, 4) is 0 Å². The van der Waals surface area contributed by atoms with Crippen molar-refractivity contribution in [1.82, 2.24) is 0 Å². The third-order valence-electron chi connectivity index (χ3n) is 1.61. The summed E-state index contributed by atoms with van der Waals surface area (Å²) in [5.74, 6) is 0. The molecule has 0 aliphatic rings. The van der Waals surface area contributed by atoms with Crippen molar-refractivity contribution in [2.45, 2.75) is 6.92 Å². The molecule has 9 nitrogen and oxygen atoms in total. The maximum atomic E-state index is 10.4. The standard InChI is InChI=1S/C6H14O9S2/c1-6(3-13-2,4-14-16(7,8)9)5-15-17(10,11)12/h3-5H2,1-2H3,(H,7,8,9)(H,10,11,12). The van der Waals surface area contributed by atoms with Crippen LogP contribution in [0.4, 0.5) is 0 Å². The second-order valence-electron chi connectivity index (χ2n) is 3.62. The topological polar surface area (TPSA) is 136 Å². The molecule has 0 aliphatic carbocycles.